The molecule has 30 heavy (non-hydrogen) atoms. The van der Waals surface area contributed by atoms with Gasteiger partial charge in [0.25, 0.3) is 0 Å². The summed E-state index contributed by atoms with van der Waals surface area (Å²) in [5.41, 5.74) is -0.787. The molecule has 1 aromatic heterocycles. The number of aromatic nitrogens is 1. The average molecular weight is 428 g/mol. The molecule has 168 valence electrons. The van der Waals surface area contributed by atoms with Gasteiger partial charge in [-0.15, -0.1) is 0 Å². The molecule has 2 N–H and O–H groups in total. The molecular formula is C21H32F3N5O. The van der Waals surface area contributed by atoms with Crippen LogP contribution in [0.4, 0.5) is 13.2 Å². The van der Waals surface area contributed by atoms with Gasteiger partial charge < -0.3 is 20.3 Å². The van der Waals surface area contributed by atoms with Crippen molar-refractivity contribution in [2.45, 2.75) is 63.7 Å². The van der Waals surface area contributed by atoms with E-state index in [0.29, 0.717) is 12.6 Å². The number of nitrogens with one attached hydrogen (secondary N) is 2. The Kier molecular flexibility index (Phi) is 8.18. The van der Waals surface area contributed by atoms with E-state index in [1.54, 1.807) is 0 Å². The number of hydrogen-bond donors (Lipinski definition) is 2. The predicted octanol–water partition coefficient (Wildman–Crippen LogP) is 3.44. The van der Waals surface area contributed by atoms with E-state index < -0.39 is 11.7 Å². The first kappa shape index (κ1) is 22.7. The number of aliphatic imine (C=N–C) groups is 1. The Morgan fingerprint density at radius 2 is 1.93 bits per heavy atom. The Morgan fingerprint density at radius 3 is 2.53 bits per heavy atom. The zero-order valence-electron chi connectivity index (χ0n) is 17.5. The zero-order valence-corrected chi connectivity index (χ0v) is 17.5. The van der Waals surface area contributed by atoms with Crippen LogP contribution in [0, 0.1) is 0 Å². The smallest absolute Gasteiger partial charge is 0.417 e. The summed E-state index contributed by atoms with van der Waals surface area (Å²) in [6, 6.07) is 3.38. The third-order valence-corrected chi connectivity index (χ3v) is 5.73. The summed E-state index contributed by atoms with van der Waals surface area (Å²) in [6.45, 7) is 5.67. The second-order valence-corrected chi connectivity index (χ2v) is 7.88. The summed E-state index contributed by atoms with van der Waals surface area (Å²) in [6.07, 6.45) is 4.01. The lowest BCUT2D eigenvalue weighted by Crippen LogP contribution is -2.50. The molecule has 9 heteroatoms. The van der Waals surface area contributed by atoms with Crippen molar-refractivity contribution < 1.29 is 17.9 Å². The molecule has 0 bridgehead atoms. The Balaban J connectivity index is 1.41. The van der Waals surface area contributed by atoms with Gasteiger partial charge >= 0.3 is 6.18 Å². The Hall–Kier alpha value is -2.03. The van der Waals surface area contributed by atoms with Gasteiger partial charge in [0.15, 0.2) is 5.96 Å². The van der Waals surface area contributed by atoms with Crippen molar-refractivity contribution in [3.05, 3.63) is 23.9 Å². The maximum Gasteiger partial charge on any atom is 0.417 e. The highest BCUT2D eigenvalue weighted by atomic mass is 19.4. The van der Waals surface area contributed by atoms with Gasteiger partial charge in [-0.1, -0.05) is 12.8 Å². The second-order valence-electron chi connectivity index (χ2n) is 7.88. The Labute approximate surface area is 176 Å². The minimum Gasteiger partial charge on any atom is -0.476 e. The monoisotopic (exact) mass is 427 g/mol. The van der Waals surface area contributed by atoms with Crippen LogP contribution in [0.3, 0.4) is 0 Å². The van der Waals surface area contributed by atoms with Crippen molar-refractivity contribution in [3.8, 4) is 5.88 Å². The summed E-state index contributed by atoms with van der Waals surface area (Å²) < 4.78 is 43.1. The maximum absolute atomic E-state index is 12.6. The fourth-order valence-corrected chi connectivity index (χ4v) is 4.13. The summed E-state index contributed by atoms with van der Waals surface area (Å²) in [7, 11) is 0. The number of hydrogen-bond acceptors (Lipinski definition) is 4. The largest absolute Gasteiger partial charge is 0.476 e. The molecule has 0 amide bonds. The lowest BCUT2D eigenvalue weighted by molar-refractivity contribution is -0.137. The molecule has 2 fully saturated rings. The maximum atomic E-state index is 12.6. The van der Waals surface area contributed by atoms with Crippen molar-refractivity contribution >= 4 is 5.96 Å². The van der Waals surface area contributed by atoms with Crippen LogP contribution in [0.1, 0.15) is 51.0 Å². The molecule has 3 rings (SSSR count). The zero-order chi connectivity index (χ0) is 21.4. The van der Waals surface area contributed by atoms with E-state index in [1.165, 1.54) is 31.7 Å². The van der Waals surface area contributed by atoms with Crippen molar-refractivity contribution in [3.63, 3.8) is 0 Å². The van der Waals surface area contributed by atoms with E-state index in [4.69, 9.17) is 4.74 Å². The van der Waals surface area contributed by atoms with E-state index in [-0.39, 0.29) is 12.5 Å². The van der Waals surface area contributed by atoms with Crippen LogP contribution in [0.2, 0.25) is 0 Å². The van der Waals surface area contributed by atoms with E-state index in [0.717, 1.165) is 56.7 Å². The minimum atomic E-state index is -4.39. The Bertz CT molecular complexity index is 666. The molecule has 2 heterocycles. The molecule has 6 nitrogen and oxygen atoms in total. The van der Waals surface area contributed by atoms with E-state index in [9.17, 15) is 13.2 Å². The first-order chi connectivity index (χ1) is 14.5. The van der Waals surface area contributed by atoms with Crippen LogP contribution < -0.4 is 15.4 Å². The number of alkyl halides is 3. The van der Waals surface area contributed by atoms with Gasteiger partial charge in [-0.25, -0.2) is 9.98 Å². The van der Waals surface area contributed by atoms with Gasteiger partial charge in [0.1, 0.15) is 6.61 Å². The van der Waals surface area contributed by atoms with Gasteiger partial charge in [0.05, 0.1) is 12.1 Å². The van der Waals surface area contributed by atoms with Crippen molar-refractivity contribution in [1.82, 2.24) is 20.5 Å². The molecule has 2 aliphatic rings. The number of nitrogens with zero attached hydrogens (tertiary/aromatic N) is 3. The summed E-state index contributed by atoms with van der Waals surface area (Å²) in [4.78, 5) is 10.9. The normalized spacial score (nSPS) is 19.8. The van der Waals surface area contributed by atoms with Crippen molar-refractivity contribution in [1.29, 1.82) is 0 Å². The van der Waals surface area contributed by atoms with Crippen molar-refractivity contribution in [2.24, 2.45) is 4.99 Å². The molecule has 0 radical (unpaired) electrons. The summed E-state index contributed by atoms with van der Waals surface area (Å²) in [5.74, 6) is 0.913. The molecule has 1 aliphatic heterocycles. The standard InChI is InChI=1S/C21H32F3N5O/c1-2-25-20(28-17-9-12-29(13-10-17)18-5-3-4-6-18)26-11-14-30-19-8-7-16(15-27-19)21(22,23)24/h7-8,15,17-18H,2-6,9-14H2,1H3,(H2,25,26,28). The van der Waals surface area contributed by atoms with Crippen LogP contribution in [0.5, 0.6) is 5.88 Å². The third-order valence-electron chi connectivity index (χ3n) is 5.73. The number of piperidine rings is 1. The first-order valence-corrected chi connectivity index (χ1v) is 10.9. The molecule has 0 aromatic carbocycles. The van der Waals surface area contributed by atoms with Gasteiger partial charge in [-0.2, -0.15) is 13.2 Å². The van der Waals surface area contributed by atoms with Crippen LogP contribution in [0.25, 0.3) is 0 Å². The molecule has 0 unspecified atom stereocenters. The SMILES string of the molecule is CCNC(=NCCOc1ccc(C(F)(F)F)cn1)NC1CCN(C2CCCC2)CC1. The molecular weight excluding hydrogens is 395 g/mol. The molecule has 1 saturated carbocycles. The van der Waals surface area contributed by atoms with Gasteiger partial charge in [-0.3, -0.25) is 0 Å². The van der Waals surface area contributed by atoms with Crippen molar-refractivity contribution in [2.75, 3.05) is 32.8 Å². The highest BCUT2D eigenvalue weighted by Crippen LogP contribution is 2.29. The summed E-state index contributed by atoms with van der Waals surface area (Å²) in [5, 5.41) is 6.75. The lowest BCUT2D eigenvalue weighted by Gasteiger charge is -2.36. The summed E-state index contributed by atoms with van der Waals surface area (Å²) >= 11 is 0. The van der Waals surface area contributed by atoms with Crippen LogP contribution >= 0.6 is 0 Å². The lowest BCUT2D eigenvalue weighted by atomic mass is 10.0. The second kappa shape index (κ2) is 10.8. The number of guanidine groups is 1. The van der Waals surface area contributed by atoms with E-state index in [2.05, 4.69) is 25.5 Å². The van der Waals surface area contributed by atoms with Crippen LogP contribution in [-0.4, -0.2) is 60.7 Å². The Morgan fingerprint density at radius 1 is 1.20 bits per heavy atom. The molecule has 0 spiro atoms. The fraction of sp³-hybridized carbons (Fsp3) is 0.714. The predicted molar refractivity (Wildman–Crippen MR) is 111 cm³/mol. The molecule has 1 aliphatic carbocycles. The number of pyridine rings is 1. The third kappa shape index (κ3) is 6.75. The van der Waals surface area contributed by atoms with Gasteiger partial charge in [0.2, 0.25) is 5.88 Å². The van der Waals surface area contributed by atoms with E-state index in [1.807, 2.05) is 6.92 Å². The van der Waals surface area contributed by atoms with Crippen LogP contribution in [-0.2, 0) is 6.18 Å². The number of rotatable bonds is 7. The molecule has 0 atom stereocenters. The average Bonchev–Trinajstić information content (AvgIpc) is 3.26. The molecule has 1 aromatic rings. The number of likely N-dealkylation sites (tertiary alicyclic amines) is 1. The highest BCUT2D eigenvalue weighted by Gasteiger charge is 2.30. The van der Waals surface area contributed by atoms with Crippen LogP contribution in [0.15, 0.2) is 23.3 Å². The number of halogens is 3. The van der Waals surface area contributed by atoms with Gasteiger partial charge in [-0.05, 0) is 38.7 Å². The topological polar surface area (TPSA) is 61.8 Å². The molecule has 1 saturated heterocycles. The quantitative estimate of drug-likeness (QED) is 0.397. The minimum absolute atomic E-state index is 0.162. The highest BCUT2D eigenvalue weighted by molar-refractivity contribution is 5.80. The van der Waals surface area contributed by atoms with E-state index >= 15 is 0 Å². The van der Waals surface area contributed by atoms with Gasteiger partial charge in [0, 0.05) is 44.0 Å². The number of ether oxygens (including phenoxy) is 1. The fourth-order valence-electron chi connectivity index (χ4n) is 4.13. The first-order valence-electron chi connectivity index (χ1n) is 10.9.